The Morgan fingerprint density at radius 3 is 2.47 bits per heavy atom. The lowest BCUT2D eigenvalue weighted by atomic mass is 10.0. The van der Waals surface area contributed by atoms with Crippen LogP contribution in [0.25, 0.3) is 31.6 Å². The summed E-state index contributed by atoms with van der Waals surface area (Å²) in [5, 5.41) is 1.56. The van der Waals surface area contributed by atoms with E-state index >= 15 is 0 Å². The van der Waals surface area contributed by atoms with Crippen LogP contribution in [0.1, 0.15) is 27.0 Å². The fourth-order valence-corrected chi connectivity index (χ4v) is 7.31. The highest BCUT2D eigenvalue weighted by Crippen LogP contribution is 2.40. The number of sulfonamides is 1. The molecule has 1 amide bonds. The number of carbonyl (C=O) groups excluding carboxylic acids is 1. The van der Waals surface area contributed by atoms with E-state index < -0.39 is 15.9 Å². The van der Waals surface area contributed by atoms with Crippen molar-refractivity contribution < 1.29 is 17.9 Å². The quantitative estimate of drug-likeness (QED) is 0.179. The Kier molecular flexibility index (Phi) is 7.60. The predicted octanol–water partition coefficient (Wildman–Crippen LogP) is 7.06. The fraction of sp³-hybridized carbons (Fsp3) is 0.118. The first-order valence-corrected chi connectivity index (χ1v) is 16.0. The van der Waals surface area contributed by atoms with Crippen LogP contribution < -0.4 is 15.2 Å². The van der Waals surface area contributed by atoms with E-state index in [-0.39, 0.29) is 16.1 Å². The van der Waals surface area contributed by atoms with E-state index in [1.807, 2.05) is 68.4 Å². The van der Waals surface area contributed by atoms with Crippen LogP contribution in [-0.4, -0.2) is 25.9 Å². The van der Waals surface area contributed by atoms with Crippen molar-refractivity contribution in [2.24, 2.45) is 0 Å². The number of carbonyl (C=O) groups is 1. The maximum absolute atomic E-state index is 13.9. The number of nitrogens with two attached hydrogens (primary N) is 1. The van der Waals surface area contributed by atoms with Gasteiger partial charge in [0.05, 0.1) is 38.5 Å². The minimum atomic E-state index is -4.22. The standard InChI is InChI=1S/C34H29N3O4S2/c1-21-15-16-29(41-18-17-23-9-4-3-5-10-23)31-27(34(38)37-43(39,40)25-12-8-11-24(35)19-25)20-28(36-32(21)31)33-22(2)26-13-6-7-14-30(26)42-33/h3-16,19-20H,17-18,35H2,1-2H3,(H,37,38). The second-order valence-corrected chi connectivity index (χ2v) is 13.0. The lowest BCUT2D eigenvalue weighted by molar-refractivity contribution is 0.0982. The first-order valence-electron chi connectivity index (χ1n) is 13.7. The summed E-state index contributed by atoms with van der Waals surface area (Å²) in [6.45, 7) is 4.30. The van der Waals surface area contributed by atoms with E-state index in [0.717, 1.165) is 31.7 Å². The summed E-state index contributed by atoms with van der Waals surface area (Å²) in [5.41, 5.74) is 10.4. The molecule has 3 N–H and O–H groups in total. The van der Waals surface area contributed by atoms with E-state index in [2.05, 4.69) is 10.8 Å². The second kappa shape index (κ2) is 11.5. The molecule has 4 aromatic carbocycles. The molecule has 0 spiro atoms. The topological polar surface area (TPSA) is 111 Å². The third-order valence-electron chi connectivity index (χ3n) is 7.33. The highest BCUT2D eigenvalue weighted by molar-refractivity contribution is 7.90. The number of thiophene rings is 1. The molecule has 0 atom stereocenters. The van der Waals surface area contributed by atoms with E-state index in [0.29, 0.717) is 35.4 Å². The first kappa shape index (κ1) is 28.4. The number of anilines is 1. The fourth-order valence-electron chi connectivity index (χ4n) is 5.12. The molecule has 43 heavy (non-hydrogen) atoms. The average Bonchev–Trinajstić information content (AvgIpc) is 3.34. The zero-order chi connectivity index (χ0) is 30.1. The summed E-state index contributed by atoms with van der Waals surface area (Å²) in [7, 11) is -4.22. The zero-order valence-corrected chi connectivity index (χ0v) is 25.3. The number of fused-ring (bicyclic) bond motifs is 2. The largest absolute Gasteiger partial charge is 0.493 e. The van der Waals surface area contributed by atoms with Crippen LogP contribution in [0.2, 0.25) is 0 Å². The summed E-state index contributed by atoms with van der Waals surface area (Å²) in [6.07, 6.45) is 0.661. The molecule has 0 fully saturated rings. The number of benzene rings is 4. The summed E-state index contributed by atoms with van der Waals surface area (Å²) in [5.74, 6) is -0.330. The number of aromatic nitrogens is 1. The molecule has 0 saturated heterocycles. The Bertz CT molecular complexity index is 2110. The molecular weight excluding hydrogens is 579 g/mol. The van der Waals surface area contributed by atoms with Crippen molar-refractivity contribution in [2.45, 2.75) is 25.2 Å². The summed E-state index contributed by atoms with van der Waals surface area (Å²) < 4.78 is 36.1. The van der Waals surface area contributed by atoms with Crippen molar-refractivity contribution in [3.8, 4) is 16.3 Å². The van der Waals surface area contributed by atoms with Gasteiger partial charge in [0.25, 0.3) is 15.9 Å². The molecule has 0 unspecified atom stereocenters. The van der Waals surface area contributed by atoms with Gasteiger partial charge in [-0.1, -0.05) is 60.7 Å². The summed E-state index contributed by atoms with van der Waals surface area (Å²) in [6, 6.07) is 29.2. The van der Waals surface area contributed by atoms with Crippen LogP contribution in [0.3, 0.4) is 0 Å². The number of amides is 1. The number of nitrogens with one attached hydrogen (secondary N) is 1. The van der Waals surface area contributed by atoms with E-state index in [1.165, 1.54) is 18.2 Å². The lowest BCUT2D eigenvalue weighted by Gasteiger charge is -2.16. The number of nitrogens with zero attached hydrogens (tertiary/aromatic N) is 1. The van der Waals surface area contributed by atoms with Crippen LogP contribution in [0, 0.1) is 13.8 Å². The number of rotatable bonds is 8. The highest BCUT2D eigenvalue weighted by Gasteiger charge is 2.25. The first-order chi connectivity index (χ1) is 20.7. The molecule has 216 valence electrons. The minimum absolute atomic E-state index is 0.102. The van der Waals surface area contributed by atoms with Gasteiger partial charge in [-0.25, -0.2) is 18.1 Å². The van der Waals surface area contributed by atoms with Gasteiger partial charge in [0.15, 0.2) is 0 Å². The molecule has 0 radical (unpaired) electrons. The van der Waals surface area contributed by atoms with Gasteiger partial charge in [-0.15, -0.1) is 11.3 Å². The third-order valence-corrected chi connectivity index (χ3v) is 9.96. The van der Waals surface area contributed by atoms with Crippen molar-refractivity contribution in [1.29, 1.82) is 0 Å². The van der Waals surface area contributed by atoms with Gasteiger partial charge in [-0.2, -0.15) is 0 Å². The summed E-state index contributed by atoms with van der Waals surface area (Å²) >= 11 is 1.58. The number of hydrogen-bond acceptors (Lipinski definition) is 7. The van der Waals surface area contributed by atoms with Gasteiger partial charge in [0.1, 0.15) is 5.75 Å². The monoisotopic (exact) mass is 607 g/mol. The van der Waals surface area contributed by atoms with Gasteiger partial charge in [0, 0.05) is 16.8 Å². The van der Waals surface area contributed by atoms with Crippen molar-refractivity contribution >= 4 is 53.9 Å². The SMILES string of the molecule is Cc1c(-c2cc(C(=O)NS(=O)(=O)c3cccc(N)c3)c3c(OCCc4ccccc4)ccc(C)c3n2)sc2ccccc12. The van der Waals surface area contributed by atoms with Crippen LogP contribution in [0.15, 0.2) is 102 Å². The third kappa shape index (κ3) is 5.69. The second-order valence-electron chi connectivity index (χ2n) is 10.3. The van der Waals surface area contributed by atoms with Crippen LogP contribution in [0.5, 0.6) is 5.75 Å². The minimum Gasteiger partial charge on any atom is -0.493 e. The van der Waals surface area contributed by atoms with E-state index in [9.17, 15) is 13.2 Å². The van der Waals surface area contributed by atoms with Crippen molar-refractivity contribution in [2.75, 3.05) is 12.3 Å². The molecule has 6 aromatic rings. The highest BCUT2D eigenvalue weighted by atomic mass is 32.2. The summed E-state index contributed by atoms with van der Waals surface area (Å²) in [4.78, 5) is 19.8. The maximum Gasteiger partial charge on any atom is 0.265 e. The van der Waals surface area contributed by atoms with Gasteiger partial charge in [-0.3, -0.25) is 4.79 Å². The zero-order valence-electron chi connectivity index (χ0n) is 23.6. The van der Waals surface area contributed by atoms with Gasteiger partial charge in [-0.05, 0) is 72.3 Å². The molecule has 0 aliphatic carbocycles. The smallest absolute Gasteiger partial charge is 0.265 e. The van der Waals surface area contributed by atoms with Crippen LogP contribution >= 0.6 is 11.3 Å². The van der Waals surface area contributed by atoms with Crippen LogP contribution in [-0.2, 0) is 16.4 Å². The number of aryl methyl sites for hydroxylation is 2. The number of ether oxygens (including phenoxy) is 1. The van der Waals surface area contributed by atoms with Gasteiger partial charge < -0.3 is 10.5 Å². The van der Waals surface area contributed by atoms with Gasteiger partial charge in [0.2, 0.25) is 0 Å². The van der Waals surface area contributed by atoms with Crippen molar-refractivity contribution in [3.63, 3.8) is 0 Å². The Morgan fingerprint density at radius 2 is 1.70 bits per heavy atom. The Hall–Kier alpha value is -4.73. The molecule has 9 heteroatoms. The predicted molar refractivity (Wildman–Crippen MR) is 173 cm³/mol. The molecule has 2 aromatic heterocycles. The Labute approximate surface area is 254 Å². The molecule has 0 aliphatic rings. The molecule has 0 saturated carbocycles. The van der Waals surface area contributed by atoms with E-state index in [1.54, 1.807) is 29.5 Å². The Morgan fingerprint density at radius 1 is 0.930 bits per heavy atom. The number of hydrogen-bond donors (Lipinski definition) is 2. The van der Waals surface area contributed by atoms with Crippen LogP contribution in [0.4, 0.5) is 5.69 Å². The normalized spacial score (nSPS) is 11.6. The average molecular weight is 608 g/mol. The van der Waals surface area contributed by atoms with Crippen molar-refractivity contribution in [3.05, 3.63) is 119 Å². The number of pyridine rings is 1. The molecule has 6 rings (SSSR count). The Balaban J connectivity index is 1.48. The molecule has 0 aliphatic heterocycles. The van der Waals surface area contributed by atoms with Crippen molar-refractivity contribution in [1.82, 2.24) is 9.71 Å². The number of nitrogen functional groups attached to an aromatic ring is 1. The molecule has 0 bridgehead atoms. The molecular formula is C34H29N3O4S2. The maximum atomic E-state index is 13.9. The molecule has 2 heterocycles. The lowest BCUT2D eigenvalue weighted by Crippen LogP contribution is -2.31. The van der Waals surface area contributed by atoms with Gasteiger partial charge >= 0.3 is 0 Å². The van der Waals surface area contributed by atoms with E-state index in [4.69, 9.17) is 15.5 Å². The molecule has 7 nitrogen and oxygen atoms in total.